The predicted molar refractivity (Wildman–Crippen MR) is 64.7 cm³/mol. The van der Waals surface area contributed by atoms with Gasteiger partial charge in [-0.05, 0) is 12.5 Å². The van der Waals surface area contributed by atoms with Gasteiger partial charge in [-0.1, -0.05) is 36.9 Å². The van der Waals surface area contributed by atoms with Gasteiger partial charge in [0, 0.05) is 6.54 Å². The van der Waals surface area contributed by atoms with Crippen molar-refractivity contribution >= 4 is 0 Å². The van der Waals surface area contributed by atoms with Gasteiger partial charge in [0.2, 0.25) is 0 Å². The molecule has 2 rings (SSSR count). The molecule has 0 bridgehead atoms. The van der Waals surface area contributed by atoms with Crippen molar-refractivity contribution in [3.63, 3.8) is 0 Å². The number of hydrogen-bond donors (Lipinski definition) is 2. The van der Waals surface area contributed by atoms with Crippen LogP contribution in [0.4, 0.5) is 0 Å². The van der Waals surface area contributed by atoms with E-state index in [0.29, 0.717) is 0 Å². The van der Waals surface area contributed by atoms with Crippen molar-refractivity contribution in [1.29, 1.82) is 0 Å². The molecule has 1 fully saturated rings. The molecular formula is C13H18N2O. The van der Waals surface area contributed by atoms with Gasteiger partial charge in [0.05, 0.1) is 24.5 Å². The number of aliphatic hydroxyl groups excluding tert-OH is 1. The van der Waals surface area contributed by atoms with E-state index >= 15 is 0 Å². The van der Waals surface area contributed by atoms with Crippen LogP contribution >= 0.6 is 0 Å². The summed E-state index contributed by atoms with van der Waals surface area (Å²) in [5, 5.41) is 12.3. The molecule has 1 heterocycles. The number of benzene rings is 1. The lowest BCUT2D eigenvalue weighted by Crippen LogP contribution is -2.27. The van der Waals surface area contributed by atoms with E-state index < -0.39 is 0 Å². The monoisotopic (exact) mass is 218 g/mol. The molecule has 1 aliphatic rings. The van der Waals surface area contributed by atoms with Crippen molar-refractivity contribution in [2.24, 2.45) is 0 Å². The first-order valence-corrected chi connectivity index (χ1v) is 5.60. The maximum Gasteiger partial charge on any atom is 0.0948 e. The van der Waals surface area contributed by atoms with Crippen molar-refractivity contribution in [3.05, 3.63) is 48.3 Å². The predicted octanol–water partition coefficient (Wildman–Crippen LogP) is 1.48. The SMILES string of the molecule is C=C1N[C@@H](CO)CN1[C@H](C)c1ccccc1. The Morgan fingerprint density at radius 3 is 2.75 bits per heavy atom. The third-order valence-corrected chi connectivity index (χ3v) is 3.10. The van der Waals surface area contributed by atoms with Crippen molar-refractivity contribution in [2.75, 3.05) is 13.2 Å². The average Bonchev–Trinajstić information content (AvgIpc) is 2.71. The number of nitrogens with zero attached hydrogens (tertiary/aromatic N) is 1. The third-order valence-electron chi connectivity index (χ3n) is 3.10. The Balaban J connectivity index is 2.11. The Bertz CT molecular complexity index is 363. The largest absolute Gasteiger partial charge is 0.394 e. The molecule has 3 heteroatoms. The maximum atomic E-state index is 9.12. The molecule has 16 heavy (non-hydrogen) atoms. The highest BCUT2D eigenvalue weighted by atomic mass is 16.3. The number of aliphatic hydroxyl groups is 1. The lowest BCUT2D eigenvalue weighted by atomic mass is 10.1. The fourth-order valence-electron chi connectivity index (χ4n) is 2.12. The van der Waals surface area contributed by atoms with Crippen LogP contribution in [-0.4, -0.2) is 29.2 Å². The zero-order valence-electron chi connectivity index (χ0n) is 9.56. The van der Waals surface area contributed by atoms with E-state index in [9.17, 15) is 0 Å². The van der Waals surface area contributed by atoms with Gasteiger partial charge in [-0.3, -0.25) is 0 Å². The van der Waals surface area contributed by atoms with E-state index in [4.69, 9.17) is 5.11 Å². The third kappa shape index (κ3) is 2.04. The topological polar surface area (TPSA) is 35.5 Å². The summed E-state index contributed by atoms with van der Waals surface area (Å²) in [4.78, 5) is 2.19. The molecule has 3 nitrogen and oxygen atoms in total. The van der Waals surface area contributed by atoms with E-state index in [1.54, 1.807) is 0 Å². The van der Waals surface area contributed by atoms with E-state index in [-0.39, 0.29) is 18.7 Å². The second-order valence-corrected chi connectivity index (χ2v) is 4.21. The first-order valence-electron chi connectivity index (χ1n) is 5.60. The Morgan fingerprint density at radius 1 is 1.50 bits per heavy atom. The molecule has 1 aromatic rings. The molecular weight excluding hydrogens is 200 g/mol. The molecule has 0 amide bonds. The van der Waals surface area contributed by atoms with Crippen LogP contribution < -0.4 is 5.32 Å². The van der Waals surface area contributed by atoms with Crippen LogP contribution in [0.1, 0.15) is 18.5 Å². The fourth-order valence-corrected chi connectivity index (χ4v) is 2.12. The minimum Gasteiger partial charge on any atom is -0.394 e. The number of hydrogen-bond acceptors (Lipinski definition) is 3. The van der Waals surface area contributed by atoms with Crippen LogP contribution in [0.25, 0.3) is 0 Å². The second kappa shape index (κ2) is 4.58. The van der Waals surface area contributed by atoms with Crippen LogP contribution in [0.5, 0.6) is 0 Å². The highest BCUT2D eigenvalue weighted by molar-refractivity contribution is 5.21. The number of rotatable bonds is 3. The van der Waals surface area contributed by atoms with Gasteiger partial charge >= 0.3 is 0 Å². The molecule has 1 saturated heterocycles. The minimum atomic E-state index is 0.110. The van der Waals surface area contributed by atoms with Gasteiger partial charge in [-0.25, -0.2) is 0 Å². The van der Waals surface area contributed by atoms with E-state index in [1.165, 1.54) is 5.56 Å². The average molecular weight is 218 g/mol. The summed E-state index contributed by atoms with van der Waals surface area (Å²) in [7, 11) is 0. The molecule has 2 N–H and O–H groups in total. The fraction of sp³-hybridized carbons (Fsp3) is 0.385. The molecule has 0 spiro atoms. The number of nitrogens with one attached hydrogen (secondary N) is 1. The first kappa shape index (κ1) is 11.0. The molecule has 86 valence electrons. The quantitative estimate of drug-likeness (QED) is 0.806. The smallest absolute Gasteiger partial charge is 0.0948 e. The van der Waals surface area contributed by atoms with Crippen molar-refractivity contribution in [3.8, 4) is 0 Å². The molecule has 0 aliphatic carbocycles. The maximum absolute atomic E-state index is 9.12. The highest BCUT2D eigenvalue weighted by Crippen LogP contribution is 2.25. The normalized spacial score (nSPS) is 22.0. The Kier molecular flexibility index (Phi) is 3.15. The van der Waals surface area contributed by atoms with Crippen LogP contribution in [0, 0.1) is 0 Å². The van der Waals surface area contributed by atoms with Gasteiger partial charge in [-0.15, -0.1) is 0 Å². The molecule has 1 aliphatic heterocycles. The van der Waals surface area contributed by atoms with Crippen LogP contribution in [-0.2, 0) is 0 Å². The molecule has 0 saturated carbocycles. The Hall–Kier alpha value is -1.48. The first-order chi connectivity index (χ1) is 7.72. The second-order valence-electron chi connectivity index (χ2n) is 4.21. The van der Waals surface area contributed by atoms with Crippen molar-refractivity contribution in [2.45, 2.75) is 19.0 Å². The van der Waals surface area contributed by atoms with Crippen LogP contribution in [0.15, 0.2) is 42.7 Å². The van der Waals surface area contributed by atoms with Gasteiger partial charge in [0.25, 0.3) is 0 Å². The summed E-state index contributed by atoms with van der Waals surface area (Å²) in [6.07, 6.45) is 0. The Labute approximate surface area is 96.4 Å². The summed E-state index contributed by atoms with van der Waals surface area (Å²) < 4.78 is 0. The minimum absolute atomic E-state index is 0.110. The summed E-state index contributed by atoms with van der Waals surface area (Å²) >= 11 is 0. The zero-order valence-corrected chi connectivity index (χ0v) is 9.56. The lowest BCUT2D eigenvalue weighted by Gasteiger charge is -2.26. The molecule has 1 aromatic carbocycles. The molecule has 2 atom stereocenters. The standard InChI is InChI=1S/C13H18N2O/c1-10(12-6-4-3-5-7-12)15-8-13(9-16)14-11(15)2/h3-7,10,13-14,16H,2,8-9H2,1H3/t10-,13-/m1/s1. The summed E-state index contributed by atoms with van der Waals surface area (Å²) in [6.45, 7) is 7.10. The van der Waals surface area contributed by atoms with Crippen LogP contribution in [0.3, 0.4) is 0 Å². The van der Waals surface area contributed by atoms with Gasteiger partial charge in [0.15, 0.2) is 0 Å². The van der Waals surface area contributed by atoms with Gasteiger partial charge in [0.1, 0.15) is 0 Å². The van der Waals surface area contributed by atoms with Gasteiger partial charge in [-0.2, -0.15) is 0 Å². The molecule has 0 unspecified atom stereocenters. The van der Waals surface area contributed by atoms with Gasteiger partial charge < -0.3 is 15.3 Å². The van der Waals surface area contributed by atoms with Crippen LogP contribution in [0.2, 0.25) is 0 Å². The van der Waals surface area contributed by atoms with E-state index in [2.05, 4.69) is 35.9 Å². The van der Waals surface area contributed by atoms with Crippen molar-refractivity contribution in [1.82, 2.24) is 10.2 Å². The molecule has 0 aromatic heterocycles. The highest BCUT2D eigenvalue weighted by Gasteiger charge is 2.27. The van der Waals surface area contributed by atoms with E-state index in [0.717, 1.165) is 12.4 Å². The summed E-state index contributed by atoms with van der Waals surface area (Å²) in [5.41, 5.74) is 1.27. The Morgan fingerprint density at radius 2 is 2.19 bits per heavy atom. The van der Waals surface area contributed by atoms with E-state index in [1.807, 2.05) is 18.2 Å². The summed E-state index contributed by atoms with van der Waals surface area (Å²) in [6, 6.07) is 10.7. The molecule has 0 radical (unpaired) electrons. The zero-order chi connectivity index (χ0) is 11.5. The lowest BCUT2D eigenvalue weighted by molar-refractivity contribution is 0.240. The van der Waals surface area contributed by atoms with Crippen molar-refractivity contribution < 1.29 is 5.11 Å². The summed E-state index contributed by atoms with van der Waals surface area (Å²) in [5.74, 6) is 0.899.